The van der Waals surface area contributed by atoms with Crippen molar-refractivity contribution in [2.75, 3.05) is 13.2 Å². The van der Waals surface area contributed by atoms with Crippen molar-refractivity contribution in [3.63, 3.8) is 0 Å². The van der Waals surface area contributed by atoms with Crippen LogP contribution in [0, 0.1) is 10.1 Å². The third-order valence-electron chi connectivity index (χ3n) is 3.31. The van der Waals surface area contributed by atoms with Gasteiger partial charge in [-0.25, -0.2) is 8.42 Å². The Bertz CT molecular complexity index is 830. The molecule has 1 aliphatic rings. The van der Waals surface area contributed by atoms with Gasteiger partial charge in [0.2, 0.25) is 15.6 Å². The molecule has 3 rings (SSSR count). The van der Waals surface area contributed by atoms with Gasteiger partial charge in [0.25, 0.3) is 0 Å². The smallest absolute Gasteiger partial charge is 0.312 e. The average Bonchev–Trinajstić information content (AvgIpc) is 3.37. The van der Waals surface area contributed by atoms with Crippen LogP contribution in [0.2, 0.25) is 0 Å². The number of nitro groups is 1. The molecular formula is C15H13NO6S. The van der Waals surface area contributed by atoms with Crippen LogP contribution < -0.4 is 4.74 Å². The molecule has 0 aliphatic carbocycles. The fourth-order valence-electron chi connectivity index (χ4n) is 2.07. The van der Waals surface area contributed by atoms with E-state index in [1.54, 1.807) is 18.2 Å². The van der Waals surface area contributed by atoms with Crippen LogP contribution in [0.5, 0.6) is 5.75 Å². The lowest BCUT2D eigenvalue weighted by Gasteiger charge is -2.11. The van der Waals surface area contributed by atoms with Crippen molar-refractivity contribution in [1.29, 1.82) is 0 Å². The van der Waals surface area contributed by atoms with Gasteiger partial charge in [-0.3, -0.25) is 10.1 Å². The van der Waals surface area contributed by atoms with Gasteiger partial charge in [0.15, 0.2) is 0 Å². The number of hydrogen-bond acceptors (Lipinski definition) is 6. The molecule has 0 N–H and O–H groups in total. The second-order valence-electron chi connectivity index (χ2n) is 4.94. The average molecular weight is 335 g/mol. The number of rotatable bonds is 6. The molecule has 0 amide bonds. The largest absolute Gasteiger partial charge is 0.483 e. The molecule has 120 valence electrons. The van der Waals surface area contributed by atoms with Gasteiger partial charge >= 0.3 is 5.69 Å². The topological polar surface area (TPSA) is 99.0 Å². The van der Waals surface area contributed by atoms with Crippen LogP contribution in [0.3, 0.4) is 0 Å². The first-order chi connectivity index (χ1) is 11.0. The molecule has 2 aromatic rings. The molecule has 1 heterocycles. The van der Waals surface area contributed by atoms with Crippen LogP contribution in [0.25, 0.3) is 0 Å². The first-order valence-corrected chi connectivity index (χ1v) is 8.30. The van der Waals surface area contributed by atoms with E-state index < -0.39 is 14.8 Å². The first kappa shape index (κ1) is 15.4. The number of ether oxygens (including phenoxy) is 2. The van der Waals surface area contributed by atoms with Crippen molar-refractivity contribution >= 4 is 15.5 Å². The van der Waals surface area contributed by atoms with Crippen molar-refractivity contribution in [3.05, 3.63) is 58.6 Å². The highest BCUT2D eigenvalue weighted by atomic mass is 32.2. The summed E-state index contributed by atoms with van der Waals surface area (Å²) in [5.74, 6) is -0.253. The van der Waals surface area contributed by atoms with E-state index in [2.05, 4.69) is 0 Å². The number of benzene rings is 2. The Kier molecular flexibility index (Phi) is 4.01. The summed E-state index contributed by atoms with van der Waals surface area (Å²) in [6.07, 6.45) is -0.151. The van der Waals surface area contributed by atoms with Crippen LogP contribution in [0.15, 0.2) is 58.3 Å². The van der Waals surface area contributed by atoms with Gasteiger partial charge in [-0.1, -0.05) is 24.3 Å². The van der Waals surface area contributed by atoms with Crippen molar-refractivity contribution in [2.45, 2.75) is 15.9 Å². The molecule has 7 nitrogen and oxygen atoms in total. The van der Waals surface area contributed by atoms with Crippen LogP contribution >= 0.6 is 0 Å². The third-order valence-corrected chi connectivity index (χ3v) is 5.11. The lowest BCUT2D eigenvalue weighted by atomic mass is 10.3. The Morgan fingerprint density at radius 2 is 1.87 bits per heavy atom. The highest BCUT2D eigenvalue weighted by molar-refractivity contribution is 7.91. The summed E-state index contributed by atoms with van der Waals surface area (Å²) in [5, 5.41) is 11.2. The van der Waals surface area contributed by atoms with Gasteiger partial charge in [-0.05, 0) is 18.2 Å². The molecule has 1 atom stereocenters. The number of para-hydroxylation sites is 1. The van der Waals surface area contributed by atoms with E-state index >= 15 is 0 Å². The van der Waals surface area contributed by atoms with E-state index in [0.717, 1.165) is 0 Å². The van der Waals surface area contributed by atoms with E-state index in [0.29, 0.717) is 6.61 Å². The molecular weight excluding hydrogens is 322 g/mol. The van der Waals surface area contributed by atoms with Crippen molar-refractivity contribution < 1.29 is 22.8 Å². The Morgan fingerprint density at radius 1 is 1.17 bits per heavy atom. The van der Waals surface area contributed by atoms with Crippen molar-refractivity contribution in [1.82, 2.24) is 0 Å². The summed E-state index contributed by atoms with van der Waals surface area (Å²) < 4.78 is 35.9. The lowest BCUT2D eigenvalue weighted by molar-refractivity contribution is -0.386. The molecule has 8 heteroatoms. The minimum Gasteiger partial charge on any atom is -0.483 e. The summed E-state index contributed by atoms with van der Waals surface area (Å²) in [4.78, 5) is 10.4. The maximum Gasteiger partial charge on any atom is 0.312 e. The number of hydrogen-bond donors (Lipinski definition) is 0. The quantitative estimate of drug-likeness (QED) is 0.456. The molecule has 0 bridgehead atoms. The molecule has 23 heavy (non-hydrogen) atoms. The SMILES string of the molecule is O=[N+]([O-])c1cccc(S(=O)(=O)c2ccccc2)c1OCC1CO1. The Morgan fingerprint density at radius 3 is 2.48 bits per heavy atom. The highest BCUT2D eigenvalue weighted by Gasteiger charge is 2.31. The maximum absolute atomic E-state index is 12.8. The van der Waals surface area contributed by atoms with E-state index in [1.807, 2.05) is 0 Å². The zero-order valence-corrected chi connectivity index (χ0v) is 12.7. The standard InChI is InChI=1S/C15H13NO6S/c17-16(18)13-7-4-8-14(15(13)22-10-11-9-21-11)23(19,20)12-5-2-1-3-6-12/h1-8,11H,9-10H2. The number of nitro benzene ring substituents is 1. The molecule has 1 fully saturated rings. The van der Waals surface area contributed by atoms with Crippen LogP contribution in [-0.2, 0) is 14.6 Å². The minimum absolute atomic E-state index is 0.0491. The van der Waals surface area contributed by atoms with Crippen LogP contribution in [-0.4, -0.2) is 32.7 Å². The molecule has 1 aliphatic heterocycles. The predicted molar refractivity (Wildman–Crippen MR) is 80.2 cm³/mol. The predicted octanol–water partition coefficient (Wildman–Crippen LogP) is 2.21. The van der Waals surface area contributed by atoms with Gasteiger partial charge in [-0.2, -0.15) is 0 Å². The second-order valence-corrected chi connectivity index (χ2v) is 6.86. The monoisotopic (exact) mass is 335 g/mol. The van der Waals surface area contributed by atoms with Crippen molar-refractivity contribution in [3.8, 4) is 5.75 Å². The zero-order chi connectivity index (χ0) is 16.4. The number of nitrogens with zero attached hydrogens (tertiary/aromatic N) is 1. The molecule has 1 unspecified atom stereocenters. The normalized spacial score (nSPS) is 16.8. The number of sulfone groups is 1. The zero-order valence-electron chi connectivity index (χ0n) is 11.9. The summed E-state index contributed by atoms with van der Waals surface area (Å²) in [7, 11) is -3.92. The lowest BCUT2D eigenvalue weighted by Crippen LogP contribution is -2.11. The van der Waals surface area contributed by atoms with Gasteiger partial charge in [0, 0.05) is 6.07 Å². The van der Waals surface area contributed by atoms with E-state index in [4.69, 9.17) is 9.47 Å². The molecule has 1 saturated heterocycles. The van der Waals surface area contributed by atoms with Crippen LogP contribution in [0.1, 0.15) is 0 Å². The van der Waals surface area contributed by atoms with Crippen molar-refractivity contribution in [2.24, 2.45) is 0 Å². The van der Waals surface area contributed by atoms with Gasteiger partial charge in [-0.15, -0.1) is 0 Å². The fourth-order valence-corrected chi connectivity index (χ4v) is 3.51. The van der Waals surface area contributed by atoms with E-state index in [-0.39, 0.29) is 33.9 Å². The Balaban J connectivity index is 2.10. The maximum atomic E-state index is 12.8. The molecule has 0 aromatic heterocycles. The number of epoxide rings is 1. The third kappa shape index (κ3) is 3.17. The summed E-state index contributed by atoms with van der Waals surface area (Å²) >= 11 is 0. The molecule has 2 aromatic carbocycles. The van der Waals surface area contributed by atoms with E-state index in [1.165, 1.54) is 30.3 Å². The highest BCUT2D eigenvalue weighted by Crippen LogP contribution is 2.37. The molecule has 0 spiro atoms. The summed E-state index contributed by atoms with van der Waals surface area (Å²) in [5.41, 5.74) is -0.386. The van der Waals surface area contributed by atoms with Crippen LogP contribution in [0.4, 0.5) is 5.69 Å². The molecule has 0 radical (unpaired) electrons. The summed E-state index contributed by atoms with van der Waals surface area (Å²) in [6, 6.07) is 11.6. The fraction of sp³-hybridized carbons (Fsp3) is 0.200. The molecule has 0 saturated carbocycles. The second kappa shape index (κ2) is 5.98. The Labute approximate surface area is 132 Å². The van der Waals surface area contributed by atoms with Gasteiger partial charge in [0.05, 0.1) is 16.4 Å². The van der Waals surface area contributed by atoms with Gasteiger partial charge < -0.3 is 9.47 Å². The van der Waals surface area contributed by atoms with E-state index in [9.17, 15) is 18.5 Å². The summed E-state index contributed by atoms with van der Waals surface area (Å²) in [6.45, 7) is 0.573. The Hall–Kier alpha value is -2.45. The van der Waals surface area contributed by atoms with Gasteiger partial charge in [0.1, 0.15) is 17.6 Å². The minimum atomic E-state index is -3.92. The first-order valence-electron chi connectivity index (χ1n) is 6.82.